The van der Waals surface area contributed by atoms with Gasteiger partial charge in [0, 0.05) is 30.9 Å². The number of fused-ring (bicyclic) bond motifs is 1. The third kappa shape index (κ3) is 7.77. The van der Waals surface area contributed by atoms with Crippen molar-refractivity contribution in [1.82, 2.24) is 10.2 Å². The number of nitrogens with zero attached hydrogens (tertiary/aromatic N) is 1. The summed E-state index contributed by atoms with van der Waals surface area (Å²) >= 11 is 0. The van der Waals surface area contributed by atoms with Crippen LogP contribution in [-0.4, -0.2) is 108 Å². The SMILES string of the molecule is CCCCN(C)[C@H]1C[C@@H](C)O[C@@H](O[C@@H]2[C@@H](C)C(=O)[C@@H](C)C(=O)O[C@H](CC)[C@@]3(C)OC(=O)NC3[C@@H](C)C(=O)[C@H](C)C[C@@]2(C)OC)[C@@H]1O. The van der Waals surface area contributed by atoms with Crippen molar-refractivity contribution in [1.29, 1.82) is 0 Å². The van der Waals surface area contributed by atoms with E-state index in [4.69, 9.17) is 23.7 Å². The number of amides is 1. The topological polar surface area (TPSA) is 150 Å². The molecule has 0 radical (unpaired) electrons. The molecule has 13 atom stereocenters. The van der Waals surface area contributed by atoms with E-state index in [1.807, 2.05) is 14.0 Å². The number of cyclic esters (lactones) is 1. The van der Waals surface area contributed by atoms with E-state index >= 15 is 0 Å². The van der Waals surface area contributed by atoms with Gasteiger partial charge in [-0.2, -0.15) is 0 Å². The summed E-state index contributed by atoms with van der Waals surface area (Å²) in [6.07, 6.45) is -1.93. The van der Waals surface area contributed by atoms with Crippen LogP contribution in [-0.2, 0) is 38.1 Å². The molecule has 0 aromatic heterocycles. The van der Waals surface area contributed by atoms with E-state index in [1.165, 1.54) is 14.0 Å². The minimum atomic E-state index is -1.34. The second-order valence-electron chi connectivity index (χ2n) is 14.3. The Balaban J connectivity index is 2.06. The first kappa shape index (κ1) is 38.3. The number of nitrogens with one attached hydrogen (secondary N) is 1. The number of ether oxygens (including phenoxy) is 5. The van der Waals surface area contributed by atoms with Crippen molar-refractivity contribution in [2.24, 2.45) is 23.7 Å². The zero-order chi connectivity index (χ0) is 34.7. The van der Waals surface area contributed by atoms with Crippen molar-refractivity contribution in [2.45, 2.75) is 148 Å². The fraction of sp³-hybridized carbons (Fsp3) is 0.882. The number of unbranched alkanes of at least 4 members (excludes halogenated alkanes) is 1. The van der Waals surface area contributed by atoms with Crippen LogP contribution in [0.1, 0.15) is 94.4 Å². The smallest absolute Gasteiger partial charge is 0.408 e. The predicted molar refractivity (Wildman–Crippen MR) is 170 cm³/mol. The third-order valence-corrected chi connectivity index (χ3v) is 10.7. The maximum absolute atomic E-state index is 14.1. The number of Topliss-reactive ketones (excluding diaryl/α,β-unsaturated/α-hetero) is 2. The first-order valence-electron chi connectivity index (χ1n) is 17.0. The predicted octanol–water partition coefficient (Wildman–Crippen LogP) is 3.65. The maximum atomic E-state index is 14.1. The van der Waals surface area contributed by atoms with E-state index in [-0.39, 0.29) is 30.8 Å². The number of methoxy groups -OCH3 is 1. The molecule has 3 fully saturated rings. The molecular weight excluding hydrogens is 596 g/mol. The number of carbonyl (C=O) groups excluding carboxylic acids is 4. The molecule has 3 aliphatic rings. The molecule has 46 heavy (non-hydrogen) atoms. The van der Waals surface area contributed by atoms with E-state index in [1.54, 1.807) is 41.5 Å². The van der Waals surface area contributed by atoms with Crippen LogP contribution in [0.15, 0.2) is 0 Å². The summed E-state index contributed by atoms with van der Waals surface area (Å²) in [5.74, 6) is -4.79. The molecule has 12 heteroatoms. The highest BCUT2D eigenvalue weighted by Crippen LogP contribution is 2.40. The summed E-state index contributed by atoms with van der Waals surface area (Å²) < 4.78 is 30.4. The van der Waals surface area contributed by atoms with Gasteiger partial charge in [0.2, 0.25) is 0 Å². The van der Waals surface area contributed by atoms with Crippen LogP contribution in [0, 0.1) is 23.7 Å². The molecule has 0 aromatic carbocycles. The summed E-state index contributed by atoms with van der Waals surface area (Å²) in [4.78, 5) is 56.3. The number of ketones is 2. The van der Waals surface area contributed by atoms with E-state index in [0.29, 0.717) is 6.42 Å². The van der Waals surface area contributed by atoms with Crippen molar-refractivity contribution in [3.05, 3.63) is 0 Å². The van der Waals surface area contributed by atoms with Gasteiger partial charge in [0.15, 0.2) is 17.7 Å². The van der Waals surface area contributed by atoms with Crippen LogP contribution in [0.5, 0.6) is 0 Å². The highest BCUT2D eigenvalue weighted by molar-refractivity contribution is 6.00. The van der Waals surface area contributed by atoms with E-state index in [9.17, 15) is 24.3 Å². The van der Waals surface area contributed by atoms with Gasteiger partial charge in [-0.15, -0.1) is 0 Å². The van der Waals surface area contributed by atoms with Crippen molar-refractivity contribution in [2.75, 3.05) is 20.7 Å². The average Bonchev–Trinajstić information content (AvgIpc) is 3.33. The Labute approximate surface area is 274 Å². The van der Waals surface area contributed by atoms with Gasteiger partial charge < -0.3 is 39.0 Å². The highest BCUT2D eigenvalue weighted by atomic mass is 16.7. The Bertz CT molecular complexity index is 1100. The fourth-order valence-corrected chi connectivity index (χ4v) is 7.68. The highest BCUT2D eigenvalue weighted by Gasteiger charge is 2.57. The molecule has 0 aromatic rings. The Morgan fingerprint density at radius 3 is 2.26 bits per heavy atom. The minimum absolute atomic E-state index is 0.154. The molecule has 12 nitrogen and oxygen atoms in total. The van der Waals surface area contributed by atoms with E-state index < -0.39 is 83.4 Å². The van der Waals surface area contributed by atoms with E-state index in [2.05, 4.69) is 17.1 Å². The average molecular weight is 655 g/mol. The molecule has 0 spiro atoms. The standard InChI is InChI=1S/C34H58N2O10/c1-12-14-15-36(10)23-16-19(4)43-31(27(23)39)45-29-21(6)26(38)22(7)30(40)44-24(13-2)34(9)28(35-32(41)46-34)20(5)25(37)18(3)17-33(29,8)42-11/h18-24,27-29,31,39H,12-17H2,1-11H3,(H,35,41)/t18-,19-,20+,21+,22-,23+,24-,27-,28?,29-,31+,33-,34-/m1/s1. The lowest BCUT2D eigenvalue weighted by Gasteiger charge is -2.47. The summed E-state index contributed by atoms with van der Waals surface area (Å²) in [5.41, 5.74) is -2.56. The maximum Gasteiger partial charge on any atom is 0.408 e. The molecule has 0 bridgehead atoms. The quantitative estimate of drug-likeness (QED) is 0.292. The van der Waals surface area contributed by atoms with Gasteiger partial charge in [0.25, 0.3) is 0 Å². The first-order chi connectivity index (χ1) is 21.4. The molecule has 3 saturated heterocycles. The Kier molecular flexibility index (Phi) is 12.8. The van der Waals surface area contributed by atoms with Crippen LogP contribution in [0.3, 0.4) is 0 Å². The number of aliphatic hydroxyl groups excluding tert-OH is 1. The van der Waals surface area contributed by atoms with Gasteiger partial charge in [-0.25, -0.2) is 4.79 Å². The molecular formula is C34H58N2O10. The lowest BCUT2D eigenvalue weighted by Crippen LogP contribution is -2.60. The fourth-order valence-electron chi connectivity index (χ4n) is 7.68. The van der Waals surface area contributed by atoms with Crippen LogP contribution in [0.4, 0.5) is 4.79 Å². The molecule has 0 aliphatic carbocycles. The lowest BCUT2D eigenvalue weighted by atomic mass is 9.73. The molecule has 0 saturated carbocycles. The number of hydrogen-bond donors (Lipinski definition) is 2. The van der Waals surface area contributed by atoms with Crippen LogP contribution in [0.25, 0.3) is 0 Å². The number of aliphatic hydroxyl groups is 1. The monoisotopic (exact) mass is 654 g/mol. The van der Waals surface area contributed by atoms with Crippen LogP contribution < -0.4 is 5.32 Å². The summed E-state index contributed by atoms with van der Waals surface area (Å²) in [6, 6.07) is -1.02. The zero-order valence-corrected chi connectivity index (χ0v) is 29.7. The van der Waals surface area contributed by atoms with Gasteiger partial charge in [-0.05, 0) is 67.0 Å². The summed E-state index contributed by atoms with van der Waals surface area (Å²) in [7, 11) is 3.46. The third-order valence-electron chi connectivity index (χ3n) is 10.7. The number of alkyl carbamates (subject to hydrolysis) is 1. The van der Waals surface area contributed by atoms with Gasteiger partial charge in [0.05, 0.1) is 23.9 Å². The normalized spacial score (nSPS) is 43.0. The van der Waals surface area contributed by atoms with Crippen LogP contribution in [0.2, 0.25) is 0 Å². The van der Waals surface area contributed by atoms with Gasteiger partial charge in [-0.3, -0.25) is 14.4 Å². The first-order valence-corrected chi connectivity index (χ1v) is 17.0. The zero-order valence-electron chi connectivity index (χ0n) is 29.7. The number of likely N-dealkylation sites (N-methyl/N-ethyl adjacent to an activating group) is 1. The Morgan fingerprint density at radius 2 is 1.67 bits per heavy atom. The summed E-state index contributed by atoms with van der Waals surface area (Å²) in [5, 5.41) is 14.3. The van der Waals surface area contributed by atoms with Crippen molar-refractivity contribution < 1.29 is 48.0 Å². The minimum Gasteiger partial charge on any atom is -0.458 e. The molecule has 2 N–H and O–H groups in total. The molecule has 1 amide bonds. The Morgan fingerprint density at radius 1 is 1.02 bits per heavy atom. The number of esters is 1. The second-order valence-corrected chi connectivity index (χ2v) is 14.3. The van der Waals surface area contributed by atoms with Crippen molar-refractivity contribution in [3.63, 3.8) is 0 Å². The number of carbonyl (C=O) groups is 4. The number of rotatable bonds is 8. The van der Waals surface area contributed by atoms with Crippen molar-refractivity contribution in [3.8, 4) is 0 Å². The van der Waals surface area contributed by atoms with Gasteiger partial charge in [-0.1, -0.05) is 41.0 Å². The molecule has 3 heterocycles. The Hall–Kier alpha value is -2.12. The van der Waals surface area contributed by atoms with E-state index in [0.717, 1.165) is 19.4 Å². The second kappa shape index (κ2) is 15.4. The molecule has 1 unspecified atom stereocenters. The van der Waals surface area contributed by atoms with Gasteiger partial charge >= 0.3 is 12.1 Å². The largest absolute Gasteiger partial charge is 0.458 e. The van der Waals surface area contributed by atoms with Gasteiger partial charge in [0.1, 0.15) is 23.9 Å². The van der Waals surface area contributed by atoms with Crippen LogP contribution >= 0.6 is 0 Å². The molecule has 264 valence electrons. The van der Waals surface area contributed by atoms with Crippen molar-refractivity contribution >= 4 is 23.6 Å². The number of hydrogen-bond acceptors (Lipinski definition) is 11. The molecule has 3 aliphatic heterocycles. The lowest BCUT2D eigenvalue weighted by molar-refractivity contribution is -0.296. The summed E-state index contributed by atoms with van der Waals surface area (Å²) in [6.45, 7) is 16.7. The molecule has 3 rings (SSSR count).